The third-order valence-corrected chi connectivity index (χ3v) is 3.85. The van der Waals surface area contributed by atoms with Gasteiger partial charge in [0, 0.05) is 5.75 Å². The smallest absolute Gasteiger partial charge is 0.0574 e. The quantitative estimate of drug-likeness (QED) is 0.523. The van der Waals surface area contributed by atoms with Gasteiger partial charge >= 0.3 is 0 Å². The summed E-state index contributed by atoms with van der Waals surface area (Å²) in [6.45, 7) is 2.36. The summed E-state index contributed by atoms with van der Waals surface area (Å²) in [6.07, 6.45) is 7.00. The van der Waals surface area contributed by atoms with E-state index in [1.54, 1.807) is 0 Å². The Balaban J connectivity index is 2.15. The maximum absolute atomic E-state index is 4.58. The highest BCUT2D eigenvalue weighted by Crippen LogP contribution is 2.32. The Kier molecular flexibility index (Phi) is 2.54. The van der Waals surface area contributed by atoms with Crippen LogP contribution < -0.4 is 0 Å². The lowest BCUT2D eigenvalue weighted by Gasteiger charge is -2.28. The summed E-state index contributed by atoms with van der Waals surface area (Å²) in [7, 11) is 0. The minimum atomic E-state index is 0.583. The zero-order valence-electron chi connectivity index (χ0n) is 7.44. The number of nitrogens with zero attached hydrogens (tertiary/aromatic N) is 1. The molecule has 0 radical (unpaired) electrons. The molecule has 12 heavy (non-hydrogen) atoms. The van der Waals surface area contributed by atoms with Crippen LogP contribution in [0.5, 0.6) is 0 Å². The molecule has 1 nitrogen and oxygen atoms in total. The topological polar surface area (TPSA) is 12.4 Å². The molecule has 2 heteroatoms. The van der Waals surface area contributed by atoms with Crippen molar-refractivity contribution >= 4 is 17.3 Å². The van der Waals surface area contributed by atoms with Crippen molar-refractivity contribution in [1.29, 1.82) is 0 Å². The van der Waals surface area contributed by atoms with Crippen molar-refractivity contribution in [2.24, 2.45) is 16.8 Å². The van der Waals surface area contributed by atoms with Gasteiger partial charge in [-0.1, -0.05) is 19.1 Å². The first-order valence-electron chi connectivity index (χ1n) is 4.66. The first kappa shape index (κ1) is 8.36. The van der Waals surface area contributed by atoms with Crippen LogP contribution in [0, 0.1) is 11.8 Å². The minimum absolute atomic E-state index is 0.583. The van der Waals surface area contributed by atoms with Gasteiger partial charge in [0.2, 0.25) is 0 Å². The van der Waals surface area contributed by atoms with E-state index >= 15 is 0 Å². The number of thioether (sulfide) groups is 1. The first-order chi connectivity index (χ1) is 5.88. The van der Waals surface area contributed by atoms with Crippen molar-refractivity contribution < 1.29 is 0 Å². The summed E-state index contributed by atoms with van der Waals surface area (Å²) in [5.74, 6) is 2.88. The third kappa shape index (κ3) is 1.58. The van der Waals surface area contributed by atoms with Gasteiger partial charge in [-0.25, -0.2) is 0 Å². The van der Waals surface area contributed by atoms with E-state index in [1.165, 1.54) is 12.2 Å². The monoisotopic (exact) mass is 181 g/mol. The van der Waals surface area contributed by atoms with Crippen LogP contribution >= 0.6 is 11.8 Å². The van der Waals surface area contributed by atoms with Crippen LogP contribution in [0.15, 0.2) is 17.1 Å². The second-order valence-corrected chi connectivity index (χ2v) is 4.62. The third-order valence-electron chi connectivity index (χ3n) is 2.86. The van der Waals surface area contributed by atoms with Crippen LogP contribution in [0.25, 0.3) is 0 Å². The van der Waals surface area contributed by atoms with Gasteiger partial charge in [0.1, 0.15) is 0 Å². The number of hydrogen-bond acceptors (Lipinski definition) is 2. The number of hydrogen-bond donors (Lipinski definition) is 0. The fourth-order valence-corrected chi connectivity index (χ4v) is 2.92. The molecule has 0 aromatic carbocycles. The molecule has 0 aromatic heterocycles. The van der Waals surface area contributed by atoms with Gasteiger partial charge in [0.25, 0.3) is 0 Å². The predicted molar refractivity (Wildman–Crippen MR) is 55.8 cm³/mol. The zero-order chi connectivity index (χ0) is 8.39. The van der Waals surface area contributed by atoms with Gasteiger partial charge < -0.3 is 0 Å². The molecule has 0 spiro atoms. The number of fused-ring (bicyclic) bond motifs is 1. The number of rotatable bonds is 0. The average molecular weight is 181 g/mol. The van der Waals surface area contributed by atoms with Gasteiger partial charge in [0.15, 0.2) is 0 Å². The minimum Gasteiger partial charge on any atom is -0.282 e. The summed E-state index contributed by atoms with van der Waals surface area (Å²) in [5, 5.41) is 0. The van der Waals surface area contributed by atoms with Crippen molar-refractivity contribution in [3.8, 4) is 0 Å². The van der Waals surface area contributed by atoms with E-state index in [-0.39, 0.29) is 0 Å². The molecular weight excluding hydrogens is 166 g/mol. The predicted octanol–water partition coefficient (Wildman–Crippen LogP) is 2.73. The molecule has 66 valence electrons. The molecule has 0 saturated heterocycles. The maximum atomic E-state index is 4.58. The SMILES string of the molecule is CC1CSC=N[C@H]2CC=CC[C@H]12. The summed E-state index contributed by atoms with van der Waals surface area (Å²) >= 11 is 1.87. The van der Waals surface area contributed by atoms with E-state index in [1.807, 2.05) is 11.8 Å². The Morgan fingerprint density at radius 3 is 3.08 bits per heavy atom. The van der Waals surface area contributed by atoms with E-state index < -0.39 is 0 Å². The van der Waals surface area contributed by atoms with Crippen LogP contribution in [0.1, 0.15) is 19.8 Å². The fraction of sp³-hybridized carbons (Fsp3) is 0.700. The molecule has 0 amide bonds. The van der Waals surface area contributed by atoms with Crippen LogP contribution in [-0.2, 0) is 0 Å². The number of allylic oxidation sites excluding steroid dienone is 1. The van der Waals surface area contributed by atoms with Crippen molar-refractivity contribution in [2.45, 2.75) is 25.8 Å². The Morgan fingerprint density at radius 2 is 2.17 bits per heavy atom. The Labute approximate surface area is 78.3 Å². The molecule has 0 aromatic rings. The van der Waals surface area contributed by atoms with Crippen LogP contribution in [0.2, 0.25) is 0 Å². The second kappa shape index (κ2) is 3.65. The largest absolute Gasteiger partial charge is 0.282 e. The second-order valence-electron chi connectivity index (χ2n) is 3.74. The molecule has 0 N–H and O–H groups in total. The molecule has 3 atom stereocenters. The highest BCUT2D eigenvalue weighted by Gasteiger charge is 2.27. The lowest BCUT2D eigenvalue weighted by Crippen LogP contribution is -2.26. The van der Waals surface area contributed by atoms with Gasteiger partial charge in [-0.2, -0.15) is 0 Å². The van der Waals surface area contributed by atoms with E-state index in [9.17, 15) is 0 Å². The summed E-state index contributed by atoms with van der Waals surface area (Å²) < 4.78 is 0. The van der Waals surface area contributed by atoms with E-state index in [4.69, 9.17) is 0 Å². The van der Waals surface area contributed by atoms with E-state index in [0.29, 0.717) is 6.04 Å². The molecule has 1 aliphatic carbocycles. The molecule has 2 aliphatic rings. The van der Waals surface area contributed by atoms with Crippen molar-refractivity contribution in [2.75, 3.05) is 5.75 Å². The summed E-state index contributed by atoms with van der Waals surface area (Å²) in [6, 6.07) is 0.583. The molecular formula is C10H15NS. The lowest BCUT2D eigenvalue weighted by atomic mass is 9.81. The van der Waals surface area contributed by atoms with E-state index in [0.717, 1.165) is 18.3 Å². The molecule has 0 fully saturated rings. The molecule has 2 rings (SSSR count). The normalized spacial score (nSPS) is 40.6. The Morgan fingerprint density at radius 1 is 1.33 bits per heavy atom. The number of aliphatic imine (C=N–C) groups is 1. The first-order valence-corrected chi connectivity index (χ1v) is 5.71. The molecule has 0 bridgehead atoms. The van der Waals surface area contributed by atoms with Crippen molar-refractivity contribution in [3.05, 3.63) is 12.2 Å². The highest BCUT2D eigenvalue weighted by atomic mass is 32.2. The highest BCUT2D eigenvalue weighted by molar-refractivity contribution is 8.12. The van der Waals surface area contributed by atoms with Crippen molar-refractivity contribution in [3.63, 3.8) is 0 Å². The van der Waals surface area contributed by atoms with Crippen LogP contribution in [-0.4, -0.2) is 17.3 Å². The molecule has 1 heterocycles. The standard InChI is InChI=1S/C10H15NS/c1-8-6-12-7-11-10-5-3-2-4-9(8)10/h2-3,7-10H,4-6H2,1H3/t8?,9-,10+/m1/s1. The zero-order valence-corrected chi connectivity index (χ0v) is 8.26. The van der Waals surface area contributed by atoms with Gasteiger partial charge in [-0.05, 0) is 24.7 Å². The molecule has 0 saturated carbocycles. The fourth-order valence-electron chi connectivity index (χ4n) is 2.04. The van der Waals surface area contributed by atoms with Gasteiger partial charge in [-0.3, -0.25) is 4.99 Å². The summed E-state index contributed by atoms with van der Waals surface area (Å²) in [5.41, 5.74) is 2.06. The van der Waals surface area contributed by atoms with Crippen molar-refractivity contribution in [1.82, 2.24) is 0 Å². The molecule has 1 unspecified atom stereocenters. The van der Waals surface area contributed by atoms with Crippen LogP contribution in [0.3, 0.4) is 0 Å². The Bertz CT molecular complexity index is 210. The van der Waals surface area contributed by atoms with Gasteiger partial charge in [0.05, 0.1) is 11.6 Å². The lowest BCUT2D eigenvalue weighted by molar-refractivity contribution is 0.320. The summed E-state index contributed by atoms with van der Waals surface area (Å²) in [4.78, 5) is 4.58. The maximum Gasteiger partial charge on any atom is 0.0574 e. The van der Waals surface area contributed by atoms with Gasteiger partial charge in [-0.15, -0.1) is 11.8 Å². The average Bonchev–Trinajstić information content (AvgIpc) is 2.29. The molecule has 1 aliphatic heterocycles. The Hall–Kier alpha value is -0.240. The van der Waals surface area contributed by atoms with Crippen LogP contribution in [0.4, 0.5) is 0 Å². The van der Waals surface area contributed by atoms with E-state index in [2.05, 4.69) is 29.6 Å².